The number of para-hydroxylation sites is 1. The van der Waals surface area contributed by atoms with Gasteiger partial charge in [-0.3, -0.25) is 9.59 Å². The van der Waals surface area contributed by atoms with E-state index >= 15 is 0 Å². The van der Waals surface area contributed by atoms with E-state index in [2.05, 4.69) is 5.32 Å². The van der Waals surface area contributed by atoms with Crippen LogP contribution in [0.5, 0.6) is 17.2 Å². The van der Waals surface area contributed by atoms with Gasteiger partial charge in [0, 0.05) is 13.0 Å². The molecule has 0 unspecified atom stereocenters. The van der Waals surface area contributed by atoms with Crippen LogP contribution in [0, 0.1) is 0 Å². The summed E-state index contributed by atoms with van der Waals surface area (Å²) in [5, 5.41) is 11.3. The van der Waals surface area contributed by atoms with E-state index in [0.29, 0.717) is 31.3 Å². The summed E-state index contributed by atoms with van der Waals surface area (Å²) in [6, 6.07) is 14.9. The maximum absolute atomic E-state index is 11.6. The summed E-state index contributed by atoms with van der Waals surface area (Å²) in [7, 11) is 0. The van der Waals surface area contributed by atoms with Crippen molar-refractivity contribution in [3.8, 4) is 17.2 Å². The molecule has 2 aromatic rings. The van der Waals surface area contributed by atoms with Gasteiger partial charge < -0.3 is 24.6 Å². The Morgan fingerprint density at radius 2 is 1.68 bits per heavy atom. The quantitative estimate of drug-likeness (QED) is 0.544. The molecule has 2 aromatic carbocycles. The summed E-state index contributed by atoms with van der Waals surface area (Å²) < 4.78 is 17.0. The maximum atomic E-state index is 11.6. The Bertz CT molecular complexity index is 763. The zero-order valence-corrected chi connectivity index (χ0v) is 15.8. The number of hydrogen-bond donors (Lipinski definition) is 2. The second-order valence-corrected chi connectivity index (χ2v) is 5.89. The fraction of sp³-hybridized carbons (Fsp3) is 0.333. The van der Waals surface area contributed by atoms with Gasteiger partial charge in [0.05, 0.1) is 13.0 Å². The first-order chi connectivity index (χ1) is 13.6. The maximum Gasteiger partial charge on any atom is 0.303 e. The largest absolute Gasteiger partial charge is 0.490 e. The second kappa shape index (κ2) is 11.5. The zero-order valence-electron chi connectivity index (χ0n) is 15.8. The van der Waals surface area contributed by atoms with Gasteiger partial charge in [-0.25, -0.2) is 0 Å². The Morgan fingerprint density at radius 1 is 0.929 bits per heavy atom. The lowest BCUT2D eigenvalue weighted by molar-refractivity contribution is -0.138. The molecular formula is C21H25NO6. The molecule has 1 amide bonds. The van der Waals surface area contributed by atoms with E-state index in [1.807, 2.05) is 43.3 Å². The molecule has 28 heavy (non-hydrogen) atoms. The van der Waals surface area contributed by atoms with E-state index in [0.717, 1.165) is 11.3 Å². The smallest absolute Gasteiger partial charge is 0.303 e. The van der Waals surface area contributed by atoms with E-state index in [9.17, 15) is 9.59 Å². The van der Waals surface area contributed by atoms with E-state index in [4.69, 9.17) is 19.3 Å². The van der Waals surface area contributed by atoms with E-state index < -0.39 is 5.97 Å². The Kier molecular flexibility index (Phi) is 8.65. The summed E-state index contributed by atoms with van der Waals surface area (Å²) in [5.74, 6) is 0.661. The van der Waals surface area contributed by atoms with E-state index in [1.54, 1.807) is 12.1 Å². The third-order valence-electron chi connectivity index (χ3n) is 3.72. The Hall–Kier alpha value is -3.22. The minimum Gasteiger partial charge on any atom is -0.490 e. The molecular weight excluding hydrogens is 362 g/mol. The van der Waals surface area contributed by atoms with Crippen molar-refractivity contribution in [1.29, 1.82) is 0 Å². The van der Waals surface area contributed by atoms with Crippen LogP contribution in [0.2, 0.25) is 0 Å². The van der Waals surface area contributed by atoms with Gasteiger partial charge >= 0.3 is 5.97 Å². The van der Waals surface area contributed by atoms with Gasteiger partial charge in [-0.1, -0.05) is 24.3 Å². The van der Waals surface area contributed by atoms with Gasteiger partial charge in [-0.15, -0.1) is 0 Å². The van der Waals surface area contributed by atoms with Crippen LogP contribution >= 0.6 is 0 Å². The number of carboxylic acids is 1. The summed E-state index contributed by atoms with van der Waals surface area (Å²) in [5.41, 5.74) is 0.833. The molecule has 2 rings (SSSR count). The molecule has 0 saturated carbocycles. The molecule has 0 saturated heterocycles. The molecule has 2 N–H and O–H groups in total. The van der Waals surface area contributed by atoms with E-state index in [-0.39, 0.29) is 25.3 Å². The highest BCUT2D eigenvalue weighted by Crippen LogP contribution is 2.28. The first-order valence-corrected chi connectivity index (χ1v) is 9.13. The molecule has 0 spiro atoms. The van der Waals surface area contributed by atoms with Crippen molar-refractivity contribution in [1.82, 2.24) is 5.32 Å². The van der Waals surface area contributed by atoms with Crippen molar-refractivity contribution in [3.05, 3.63) is 54.1 Å². The fourth-order valence-electron chi connectivity index (χ4n) is 2.39. The molecule has 0 bridgehead atoms. The van der Waals surface area contributed by atoms with Crippen LogP contribution < -0.4 is 19.5 Å². The number of carboxylic acid groups (broad SMARTS) is 1. The highest BCUT2D eigenvalue weighted by atomic mass is 16.5. The van der Waals surface area contributed by atoms with Crippen molar-refractivity contribution >= 4 is 11.9 Å². The number of aliphatic carboxylic acids is 1. The Balaban J connectivity index is 1.85. The minimum atomic E-state index is -0.994. The normalized spacial score (nSPS) is 10.2. The third kappa shape index (κ3) is 7.57. The van der Waals surface area contributed by atoms with Crippen LogP contribution in [-0.2, 0) is 16.1 Å². The zero-order chi connectivity index (χ0) is 20.2. The lowest BCUT2D eigenvalue weighted by atomic mass is 10.2. The highest BCUT2D eigenvalue weighted by molar-refractivity contribution is 5.80. The molecule has 150 valence electrons. The van der Waals surface area contributed by atoms with Crippen molar-refractivity contribution in [3.63, 3.8) is 0 Å². The SMILES string of the molecule is CCOc1cc(CNC(=O)CCC(=O)O)ccc1OCCOc1ccccc1. The van der Waals surface area contributed by atoms with Crippen LogP contribution in [-0.4, -0.2) is 36.8 Å². The highest BCUT2D eigenvalue weighted by Gasteiger charge is 2.09. The van der Waals surface area contributed by atoms with Crippen molar-refractivity contribution in [2.75, 3.05) is 19.8 Å². The Morgan fingerprint density at radius 3 is 2.39 bits per heavy atom. The number of rotatable bonds is 12. The average Bonchev–Trinajstić information content (AvgIpc) is 2.70. The minimum absolute atomic E-state index is 0.0454. The lowest BCUT2D eigenvalue weighted by Gasteiger charge is -2.14. The van der Waals surface area contributed by atoms with Gasteiger partial charge in [0.15, 0.2) is 11.5 Å². The molecule has 7 heteroatoms. The number of hydrogen-bond acceptors (Lipinski definition) is 5. The lowest BCUT2D eigenvalue weighted by Crippen LogP contribution is -2.23. The molecule has 0 radical (unpaired) electrons. The standard InChI is InChI=1S/C21H25NO6/c1-2-26-19-14-16(15-22-20(23)10-11-21(24)25)8-9-18(19)28-13-12-27-17-6-4-3-5-7-17/h3-9,14H,2,10-13,15H2,1H3,(H,22,23)(H,24,25). The topological polar surface area (TPSA) is 94.1 Å². The second-order valence-electron chi connectivity index (χ2n) is 5.89. The van der Waals surface area contributed by atoms with Crippen LogP contribution in [0.15, 0.2) is 48.5 Å². The van der Waals surface area contributed by atoms with Gasteiger partial charge in [-0.05, 0) is 36.8 Å². The summed E-state index contributed by atoms with van der Waals surface area (Å²) >= 11 is 0. The summed E-state index contributed by atoms with van der Waals surface area (Å²) in [4.78, 5) is 22.1. The first kappa shape index (κ1) is 21.1. The fourth-order valence-corrected chi connectivity index (χ4v) is 2.39. The molecule has 0 atom stereocenters. The molecule has 0 aliphatic heterocycles. The number of benzene rings is 2. The first-order valence-electron chi connectivity index (χ1n) is 9.13. The van der Waals surface area contributed by atoms with Crippen LogP contribution in [0.3, 0.4) is 0 Å². The third-order valence-corrected chi connectivity index (χ3v) is 3.72. The molecule has 0 aliphatic carbocycles. The summed E-state index contributed by atoms with van der Waals surface area (Å²) in [6.45, 7) is 3.40. The van der Waals surface area contributed by atoms with Crippen LogP contribution in [0.1, 0.15) is 25.3 Å². The predicted octanol–water partition coefficient (Wildman–Crippen LogP) is 3.02. The van der Waals surface area contributed by atoms with Crippen molar-refractivity contribution in [2.24, 2.45) is 0 Å². The molecule has 0 aliphatic rings. The van der Waals surface area contributed by atoms with Gasteiger partial charge in [0.1, 0.15) is 19.0 Å². The summed E-state index contributed by atoms with van der Waals surface area (Å²) in [6.07, 6.45) is -0.232. The van der Waals surface area contributed by atoms with Crippen LogP contribution in [0.25, 0.3) is 0 Å². The molecule has 0 aromatic heterocycles. The predicted molar refractivity (Wildman–Crippen MR) is 104 cm³/mol. The van der Waals surface area contributed by atoms with E-state index in [1.165, 1.54) is 0 Å². The molecule has 7 nitrogen and oxygen atoms in total. The Labute approximate surface area is 164 Å². The number of nitrogens with one attached hydrogen (secondary N) is 1. The number of carbonyl (C=O) groups is 2. The van der Waals surface area contributed by atoms with Crippen molar-refractivity contribution < 1.29 is 28.9 Å². The monoisotopic (exact) mass is 387 g/mol. The van der Waals surface area contributed by atoms with Gasteiger partial charge in [0.25, 0.3) is 0 Å². The molecule has 0 heterocycles. The number of carbonyl (C=O) groups excluding carboxylic acids is 1. The number of amides is 1. The van der Waals surface area contributed by atoms with Gasteiger partial charge in [0.2, 0.25) is 5.91 Å². The van der Waals surface area contributed by atoms with Gasteiger partial charge in [-0.2, -0.15) is 0 Å². The number of ether oxygens (including phenoxy) is 3. The van der Waals surface area contributed by atoms with Crippen LogP contribution in [0.4, 0.5) is 0 Å². The average molecular weight is 387 g/mol. The van der Waals surface area contributed by atoms with Crippen molar-refractivity contribution in [2.45, 2.75) is 26.3 Å². The molecule has 0 fully saturated rings.